The molecule has 0 radical (unpaired) electrons. The fraction of sp³-hybridized carbons (Fsp3) is 0.400. The van der Waals surface area contributed by atoms with Gasteiger partial charge >= 0.3 is 0 Å². The van der Waals surface area contributed by atoms with Gasteiger partial charge in [0.2, 0.25) is 5.91 Å². The van der Waals surface area contributed by atoms with Crippen molar-refractivity contribution in [1.29, 1.82) is 0 Å². The van der Waals surface area contributed by atoms with Crippen LogP contribution in [0, 0.1) is 0 Å². The maximum Gasteiger partial charge on any atom is 0.252 e. The van der Waals surface area contributed by atoms with Gasteiger partial charge in [0.1, 0.15) is 0 Å². The van der Waals surface area contributed by atoms with Crippen molar-refractivity contribution >= 4 is 5.91 Å². The Morgan fingerprint density at radius 2 is 2.14 bits per heavy atom. The number of ether oxygens (including phenoxy) is 1. The molecule has 0 saturated heterocycles. The summed E-state index contributed by atoms with van der Waals surface area (Å²) in [5, 5.41) is 0. The summed E-state index contributed by atoms with van der Waals surface area (Å²) in [5.74, 6) is -0.411. The van der Waals surface area contributed by atoms with Crippen LogP contribution in [-0.2, 0) is 11.5 Å². The van der Waals surface area contributed by atoms with Crippen molar-refractivity contribution in [3.05, 3.63) is 30.1 Å². The molecule has 0 bridgehead atoms. The van der Waals surface area contributed by atoms with Crippen LogP contribution in [0.2, 0.25) is 0 Å². The second kappa shape index (κ2) is 5.34. The number of carbonyl (C=O) groups is 1. The zero-order valence-corrected chi connectivity index (χ0v) is 8.27. The van der Waals surface area contributed by atoms with Crippen LogP contribution in [0.25, 0.3) is 0 Å². The number of pyridine rings is 1. The summed E-state index contributed by atoms with van der Waals surface area (Å²) in [5.41, 5.74) is 5.62. The second-order valence-electron chi connectivity index (χ2n) is 3.00. The summed E-state index contributed by atoms with van der Waals surface area (Å²) in [6.07, 6.45) is 4.55. The summed E-state index contributed by atoms with van der Waals surface area (Å²) in [6, 6.07) is 3.36. The number of nitrogens with zero attached hydrogens (tertiary/aromatic N) is 1. The Bertz CT molecular complexity index is 295. The number of hydrogen-bond donors (Lipinski definition) is 1. The van der Waals surface area contributed by atoms with Gasteiger partial charge in [-0.05, 0) is 6.42 Å². The van der Waals surface area contributed by atoms with Crippen molar-refractivity contribution in [3.63, 3.8) is 0 Å². The number of carbonyl (C=O) groups excluding carboxylic acids is 1. The molecule has 1 heterocycles. The van der Waals surface area contributed by atoms with E-state index in [2.05, 4.69) is 6.92 Å². The van der Waals surface area contributed by atoms with Crippen LogP contribution in [0.3, 0.4) is 0 Å². The van der Waals surface area contributed by atoms with E-state index in [-0.39, 0.29) is 0 Å². The number of rotatable bonds is 5. The quantitative estimate of drug-likeness (QED) is 0.548. The first kappa shape index (κ1) is 10.7. The van der Waals surface area contributed by atoms with Crippen molar-refractivity contribution in [2.24, 2.45) is 5.73 Å². The lowest BCUT2D eigenvalue weighted by Crippen LogP contribution is -2.34. The highest BCUT2D eigenvalue weighted by Gasteiger charge is 2.03. The molecule has 0 aromatic carbocycles. The minimum absolute atomic E-state index is 0.411. The third-order valence-corrected chi connectivity index (χ3v) is 1.76. The van der Waals surface area contributed by atoms with Crippen LogP contribution in [0.1, 0.15) is 23.7 Å². The van der Waals surface area contributed by atoms with E-state index in [4.69, 9.17) is 10.5 Å². The van der Waals surface area contributed by atoms with Gasteiger partial charge in [0.05, 0.1) is 12.2 Å². The molecule has 0 atom stereocenters. The molecule has 1 rings (SSSR count). The van der Waals surface area contributed by atoms with Crippen molar-refractivity contribution in [3.8, 4) is 0 Å². The predicted molar refractivity (Wildman–Crippen MR) is 51.4 cm³/mol. The minimum Gasteiger partial charge on any atom is -0.366 e. The number of primary amides is 1. The highest BCUT2D eigenvalue weighted by atomic mass is 16.5. The Morgan fingerprint density at radius 3 is 2.64 bits per heavy atom. The van der Waals surface area contributed by atoms with E-state index < -0.39 is 5.91 Å². The van der Waals surface area contributed by atoms with Gasteiger partial charge in [0.25, 0.3) is 6.73 Å². The first-order chi connectivity index (χ1) is 6.74. The normalized spacial score (nSPS) is 10.1. The zero-order chi connectivity index (χ0) is 10.4. The maximum absolute atomic E-state index is 10.8. The van der Waals surface area contributed by atoms with Crippen LogP contribution in [-0.4, -0.2) is 12.5 Å². The van der Waals surface area contributed by atoms with E-state index in [9.17, 15) is 4.79 Å². The van der Waals surface area contributed by atoms with Crippen molar-refractivity contribution in [2.45, 2.75) is 20.1 Å². The SMILES string of the molecule is CCCOC[n+]1ccc(C(N)=O)cc1. The molecule has 4 nitrogen and oxygen atoms in total. The van der Waals surface area contributed by atoms with Crippen molar-refractivity contribution in [2.75, 3.05) is 6.61 Å². The second-order valence-corrected chi connectivity index (χ2v) is 3.00. The van der Waals surface area contributed by atoms with Gasteiger partial charge in [-0.1, -0.05) is 6.92 Å². The van der Waals surface area contributed by atoms with Crippen LogP contribution in [0.4, 0.5) is 0 Å². The molecule has 0 spiro atoms. The van der Waals surface area contributed by atoms with E-state index in [1.807, 2.05) is 4.57 Å². The van der Waals surface area contributed by atoms with Crippen LogP contribution >= 0.6 is 0 Å². The van der Waals surface area contributed by atoms with Crippen LogP contribution in [0.15, 0.2) is 24.5 Å². The standard InChI is InChI=1S/C10H14N2O2/c1-2-7-14-8-12-5-3-9(4-6-12)10(11)13/h3-6H,2,7-8H2,1H3,(H-,11,13)/p+1. The van der Waals surface area contributed by atoms with Crippen molar-refractivity contribution in [1.82, 2.24) is 0 Å². The summed E-state index contributed by atoms with van der Waals surface area (Å²) < 4.78 is 7.17. The Morgan fingerprint density at radius 1 is 1.50 bits per heavy atom. The van der Waals surface area contributed by atoms with Crippen LogP contribution in [0.5, 0.6) is 0 Å². The molecule has 14 heavy (non-hydrogen) atoms. The molecule has 0 unspecified atom stereocenters. The summed E-state index contributed by atoms with van der Waals surface area (Å²) in [4.78, 5) is 10.8. The average Bonchev–Trinajstić information content (AvgIpc) is 2.19. The molecule has 2 N–H and O–H groups in total. The molecule has 0 aliphatic carbocycles. The molecular weight excluding hydrogens is 180 g/mol. The fourth-order valence-electron chi connectivity index (χ4n) is 1.02. The molecular formula is C10H15N2O2+. The molecule has 76 valence electrons. The highest BCUT2D eigenvalue weighted by molar-refractivity contribution is 5.92. The Kier molecular flexibility index (Phi) is 4.07. The first-order valence-corrected chi connectivity index (χ1v) is 4.60. The lowest BCUT2D eigenvalue weighted by molar-refractivity contribution is -0.732. The Balaban J connectivity index is 2.51. The summed E-state index contributed by atoms with van der Waals surface area (Å²) >= 11 is 0. The first-order valence-electron chi connectivity index (χ1n) is 4.60. The number of nitrogens with two attached hydrogens (primary N) is 1. The smallest absolute Gasteiger partial charge is 0.252 e. The number of amides is 1. The largest absolute Gasteiger partial charge is 0.366 e. The average molecular weight is 195 g/mol. The molecule has 0 aliphatic rings. The van der Waals surface area contributed by atoms with Crippen LogP contribution < -0.4 is 10.3 Å². The molecule has 0 aliphatic heterocycles. The van der Waals surface area contributed by atoms with Gasteiger partial charge in [0, 0.05) is 12.1 Å². The molecule has 1 aromatic heterocycles. The van der Waals surface area contributed by atoms with E-state index in [1.54, 1.807) is 24.5 Å². The Labute approximate surface area is 83.3 Å². The maximum atomic E-state index is 10.8. The van der Waals surface area contributed by atoms with Gasteiger partial charge in [-0.25, -0.2) is 0 Å². The van der Waals surface area contributed by atoms with Gasteiger partial charge < -0.3 is 10.5 Å². The lowest BCUT2D eigenvalue weighted by Gasteiger charge is -1.98. The third-order valence-electron chi connectivity index (χ3n) is 1.76. The van der Waals surface area contributed by atoms with Gasteiger partial charge in [0.15, 0.2) is 12.4 Å². The molecule has 1 aromatic rings. The van der Waals surface area contributed by atoms with E-state index in [0.717, 1.165) is 13.0 Å². The van der Waals surface area contributed by atoms with E-state index >= 15 is 0 Å². The zero-order valence-electron chi connectivity index (χ0n) is 8.27. The van der Waals surface area contributed by atoms with Gasteiger partial charge in [-0.2, -0.15) is 4.57 Å². The van der Waals surface area contributed by atoms with E-state index in [1.165, 1.54) is 0 Å². The molecule has 0 saturated carbocycles. The van der Waals surface area contributed by atoms with E-state index in [0.29, 0.717) is 12.3 Å². The Hall–Kier alpha value is -1.42. The molecule has 0 fully saturated rings. The van der Waals surface area contributed by atoms with Crippen molar-refractivity contribution < 1.29 is 14.1 Å². The van der Waals surface area contributed by atoms with Gasteiger partial charge in [-0.3, -0.25) is 4.79 Å². The fourth-order valence-corrected chi connectivity index (χ4v) is 1.02. The number of aromatic nitrogens is 1. The number of hydrogen-bond acceptors (Lipinski definition) is 2. The topological polar surface area (TPSA) is 56.2 Å². The minimum atomic E-state index is -0.411. The predicted octanol–water partition coefficient (Wildman–Crippen LogP) is 0.457. The van der Waals surface area contributed by atoms with Gasteiger partial charge in [-0.15, -0.1) is 0 Å². The lowest BCUT2D eigenvalue weighted by atomic mass is 10.2. The third kappa shape index (κ3) is 3.14. The summed E-state index contributed by atoms with van der Waals surface area (Å²) in [7, 11) is 0. The molecule has 4 heteroatoms. The monoisotopic (exact) mass is 195 g/mol. The highest BCUT2D eigenvalue weighted by Crippen LogP contribution is 1.92. The summed E-state index contributed by atoms with van der Waals surface area (Å²) in [6.45, 7) is 3.30. The molecule has 1 amide bonds.